The van der Waals surface area contributed by atoms with Gasteiger partial charge in [0.2, 0.25) is 5.91 Å². The van der Waals surface area contributed by atoms with Crippen LogP contribution in [0, 0.1) is 6.92 Å². The van der Waals surface area contributed by atoms with E-state index in [0.717, 1.165) is 18.4 Å². The van der Waals surface area contributed by atoms with Crippen molar-refractivity contribution in [1.82, 2.24) is 5.32 Å². The summed E-state index contributed by atoms with van der Waals surface area (Å²) in [5.74, 6) is 0.404. The van der Waals surface area contributed by atoms with E-state index in [2.05, 4.69) is 22.8 Å². The molecule has 0 spiro atoms. The van der Waals surface area contributed by atoms with Gasteiger partial charge < -0.3 is 20.1 Å². The van der Waals surface area contributed by atoms with Crippen LogP contribution in [0.3, 0.4) is 0 Å². The van der Waals surface area contributed by atoms with Crippen LogP contribution in [0.15, 0.2) is 36.4 Å². The van der Waals surface area contributed by atoms with Crippen LogP contribution in [0.25, 0.3) is 0 Å². The molecule has 3 rings (SSSR count). The summed E-state index contributed by atoms with van der Waals surface area (Å²) in [6.07, 6.45) is 1.78. The third-order valence-electron chi connectivity index (χ3n) is 5.79. The average molecular weight is 451 g/mol. The molecule has 0 aliphatic carbocycles. The lowest BCUT2D eigenvalue weighted by Gasteiger charge is -2.38. The number of anilines is 1. The first-order valence-corrected chi connectivity index (χ1v) is 10.8. The molecule has 1 amide bonds. The van der Waals surface area contributed by atoms with Gasteiger partial charge in [0.15, 0.2) is 0 Å². The number of hydrogen-bond donors (Lipinski definition) is 2. The highest BCUT2D eigenvalue weighted by atomic mass is 35.5. The Kier molecular flexibility index (Phi) is 7.64. The van der Waals surface area contributed by atoms with Gasteiger partial charge in [-0.15, -0.1) is 0 Å². The van der Waals surface area contributed by atoms with E-state index in [1.807, 2.05) is 32.0 Å². The largest absolute Gasteiger partial charge is 0.495 e. The molecule has 0 aromatic heterocycles. The summed E-state index contributed by atoms with van der Waals surface area (Å²) in [6, 6.07) is 11.1. The SMILES string of the molecule is COc1cc(Cl)c(C)cc1NC(=O)C(C)NCC1(c2ccc(Cl)cc2)CCOCC1. The minimum absolute atomic E-state index is 0.0913. The van der Waals surface area contributed by atoms with E-state index in [9.17, 15) is 4.79 Å². The van der Waals surface area contributed by atoms with E-state index < -0.39 is 6.04 Å². The van der Waals surface area contributed by atoms with Crippen molar-refractivity contribution in [3.05, 3.63) is 57.6 Å². The molecule has 0 radical (unpaired) electrons. The molecule has 7 heteroatoms. The fraction of sp³-hybridized carbons (Fsp3) is 0.435. The normalized spacial score (nSPS) is 16.7. The first-order chi connectivity index (χ1) is 14.3. The van der Waals surface area contributed by atoms with Gasteiger partial charge in [-0.2, -0.15) is 0 Å². The Bertz CT molecular complexity index is 881. The molecule has 1 unspecified atom stereocenters. The van der Waals surface area contributed by atoms with Crippen LogP contribution in [0.1, 0.15) is 30.9 Å². The van der Waals surface area contributed by atoms with Gasteiger partial charge >= 0.3 is 0 Å². The number of aryl methyl sites for hydroxylation is 1. The van der Waals surface area contributed by atoms with Crippen LogP contribution in [-0.4, -0.2) is 38.8 Å². The van der Waals surface area contributed by atoms with Crippen molar-refractivity contribution in [3.8, 4) is 5.75 Å². The summed E-state index contributed by atoms with van der Waals surface area (Å²) < 4.78 is 10.9. The van der Waals surface area contributed by atoms with Gasteiger partial charge in [0, 0.05) is 41.3 Å². The molecule has 1 fully saturated rings. The number of methoxy groups -OCH3 is 1. The highest BCUT2D eigenvalue weighted by Gasteiger charge is 2.35. The average Bonchev–Trinajstić information content (AvgIpc) is 2.75. The maximum Gasteiger partial charge on any atom is 0.241 e. The number of rotatable bonds is 7. The van der Waals surface area contributed by atoms with Gasteiger partial charge in [-0.1, -0.05) is 35.3 Å². The van der Waals surface area contributed by atoms with E-state index >= 15 is 0 Å². The molecule has 5 nitrogen and oxygen atoms in total. The van der Waals surface area contributed by atoms with Crippen LogP contribution < -0.4 is 15.4 Å². The zero-order chi connectivity index (χ0) is 21.7. The van der Waals surface area contributed by atoms with Crippen LogP contribution in [0.5, 0.6) is 5.75 Å². The van der Waals surface area contributed by atoms with E-state index in [4.69, 9.17) is 32.7 Å². The Hall–Kier alpha value is -1.79. The van der Waals surface area contributed by atoms with Crippen molar-refractivity contribution >= 4 is 34.8 Å². The van der Waals surface area contributed by atoms with E-state index in [1.165, 1.54) is 5.56 Å². The molecule has 0 bridgehead atoms. The maximum absolute atomic E-state index is 12.8. The van der Waals surface area contributed by atoms with Crippen molar-refractivity contribution < 1.29 is 14.3 Å². The molecular formula is C23H28Cl2N2O3. The fourth-order valence-electron chi connectivity index (χ4n) is 3.75. The Balaban J connectivity index is 1.70. The number of amides is 1. The van der Waals surface area contributed by atoms with Gasteiger partial charge in [0.25, 0.3) is 0 Å². The Morgan fingerprint density at radius 3 is 2.50 bits per heavy atom. The van der Waals surface area contributed by atoms with Crippen molar-refractivity contribution in [1.29, 1.82) is 0 Å². The van der Waals surface area contributed by atoms with Gasteiger partial charge in [0.1, 0.15) is 5.75 Å². The van der Waals surface area contributed by atoms with Crippen LogP contribution in [0.2, 0.25) is 10.0 Å². The molecule has 30 heavy (non-hydrogen) atoms. The van der Waals surface area contributed by atoms with E-state index in [-0.39, 0.29) is 11.3 Å². The molecular weight excluding hydrogens is 423 g/mol. The molecule has 1 aliphatic heterocycles. The molecule has 1 atom stereocenters. The maximum atomic E-state index is 12.8. The summed E-state index contributed by atoms with van der Waals surface area (Å²) in [7, 11) is 1.55. The molecule has 1 aliphatic rings. The molecule has 0 saturated carbocycles. The van der Waals surface area contributed by atoms with Crippen molar-refractivity contribution in [3.63, 3.8) is 0 Å². The van der Waals surface area contributed by atoms with E-state index in [0.29, 0.717) is 41.2 Å². The van der Waals surface area contributed by atoms with E-state index in [1.54, 1.807) is 13.2 Å². The lowest BCUT2D eigenvalue weighted by molar-refractivity contribution is -0.117. The lowest BCUT2D eigenvalue weighted by atomic mass is 9.74. The number of carbonyl (C=O) groups excluding carboxylic acids is 1. The Labute approximate surface area is 188 Å². The molecule has 2 N–H and O–H groups in total. The Morgan fingerprint density at radius 1 is 1.20 bits per heavy atom. The number of hydrogen-bond acceptors (Lipinski definition) is 4. The predicted molar refractivity (Wildman–Crippen MR) is 122 cm³/mol. The number of benzene rings is 2. The standard InChI is InChI=1S/C23H28Cl2N2O3/c1-15-12-20(21(29-3)13-19(15)25)27-22(28)16(2)26-14-23(8-10-30-11-9-23)17-4-6-18(24)7-5-17/h4-7,12-13,16,26H,8-11,14H2,1-3H3,(H,27,28). The van der Waals surface area contributed by atoms with Gasteiger partial charge in [-0.25, -0.2) is 0 Å². The summed E-state index contributed by atoms with van der Waals surface area (Å²) >= 11 is 12.2. The highest BCUT2D eigenvalue weighted by Crippen LogP contribution is 2.35. The second kappa shape index (κ2) is 10.0. The summed E-state index contributed by atoms with van der Waals surface area (Å²) in [6.45, 7) is 5.82. The minimum atomic E-state index is -0.391. The first-order valence-electron chi connectivity index (χ1n) is 10.1. The van der Waals surface area contributed by atoms with Crippen LogP contribution >= 0.6 is 23.2 Å². The second-order valence-electron chi connectivity index (χ2n) is 7.79. The number of ether oxygens (including phenoxy) is 2. The van der Waals surface area contributed by atoms with Crippen molar-refractivity contribution in [2.75, 3.05) is 32.2 Å². The van der Waals surface area contributed by atoms with Crippen molar-refractivity contribution in [2.24, 2.45) is 0 Å². The highest BCUT2D eigenvalue weighted by molar-refractivity contribution is 6.31. The topological polar surface area (TPSA) is 59.6 Å². The zero-order valence-corrected chi connectivity index (χ0v) is 19.1. The van der Waals surface area contributed by atoms with Gasteiger partial charge in [-0.3, -0.25) is 4.79 Å². The third kappa shape index (κ3) is 5.27. The summed E-state index contributed by atoms with van der Waals surface area (Å²) in [5, 5.41) is 7.69. The molecule has 1 saturated heterocycles. The smallest absolute Gasteiger partial charge is 0.241 e. The number of halogens is 2. The molecule has 1 heterocycles. The van der Waals surface area contributed by atoms with Gasteiger partial charge in [-0.05, 0) is 56.0 Å². The predicted octanol–water partition coefficient (Wildman–Crippen LogP) is 4.98. The molecule has 2 aromatic rings. The zero-order valence-electron chi connectivity index (χ0n) is 17.6. The molecule has 2 aromatic carbocycles. The summed E-state index contributed by atoms with van der Waals surface area (Å²) in [4.78, 5) is 12.8. The molecule has 162 valence electrons. The quantitative estimate of drug-likeness (QED) is 0.624. The number of nitrogens with one attached hydrogen (secondary N) is 2. The van der Waals surface area contributed by atoms with Crippen molar-refractivity contribution in [2.45, 2.75) is 38.1 Å². The summed E-state index contributed by atoms with van der Waals surface area (Å²) in [5.41, 5.74) is 2.60. The third-order valence-corrected chi connectivity index (χ3v) is 6.44. The number of carbonyl (C=O) groups is 1. The monoisotopic (exact) mass is 450 g/mol. The first kappa shape index (κ1) is 22.9. The van der Waals surface area contributed by atoms with Crippen LogP contribution in [0.4, 0.5) is 5.69 Å². The fourth-order valence-corrected chi connectivity index (χ4v) is 4.02. The lowest BCUT2D eigenvalue weighted by Crippen LogP contribution is -2.48. The second-order valence-corrected chi connectivity index (χ2v) is 8.64. The van der Waals surface area contributed by atoms with Gasteiger partial charge in [0.05, 0.1) is 18.8 Å². The minimum Gasteiger partial charge on any atom is -0.495 e. The van der Waals surface area contributed by atoms with Crippen LogP contribution in [-0.2, 0) is 14.9 Å². The Morgan fingerprint density at radius 2 is 1.87 bits per heavy atom.